The van der Waals surface area contributed by atoms with Crippen LogP contribution in [0.2, 0.25) is 0 Å². The maximum absolute atomic E-state index is 12.0. The first-order chi connectivity index (χ1) is 18.7. The smallest absolute Gasteiger partial charge is 0.220 e. The van der Waals surface area contributed by atoms with E-state index in [-0.39, 0.29) is 12.5 Å². The van der Waals surface area contributed by atoms with Gasteiger partial charge in [0.15, 0.2) is 0 Å². The minimum absolute atomic E-state index is 0.0479. The molecule has 0 heterocycles. The van der Waals surface area contributed by atoms with Gasteiger partial charge in [-0.05, 0) is 12.8 Å². The van der Waals surface area contributed by atoms with Crippen LogP contribution in [0, 0.1) is 0 Å². The SMILES string of the molecule is CCCCCCCCCCCCCCCCCCCCCCCCC(O)C(CO)NC(=O)CCCCCC. The van der Waals surface area contributed by atoms with Gasteiger partial charge in [0.1, 0.15) is 0 Å². The van der Waals surface area contributed by atoms with E-state index in [9.17, 15) is 15.0 Å². The van der Waals surface area contributed by atoms with E-state index in [1.807, 2.05) is 0 Å². The Labute approximate surface area is 238 Å². The summed E-state index contributed by atoms with van der Waals surface area (Å²) in [6.45, 7) is 4.25. The molecule has 0 saturated carbocycles. The second-order valence-corrected chi connectivity index (χ2v) is 11.9. The minimum Gasteiger partial charge on any atom is -0.394 e. The predicted octanol–water partition coefficient (Wildman–Crippen LogP) is 9.79. The first-order valence-corrected chi connectivity index (χ1v) is 17.2. The Morgan fingerprint density at radius 3 is 1.18 bits per heavy atom. The van der Waals surface area contributed by atoms with Gasteiger partial charge in [-0.25, -0.2) is 0 Å². The predicted molar refractivity (Wildman–Crippen MR) is 166 cm³/mol. The Balaban J connectivity index is 3.37. The quantitative estimate of drug-likeness (QED) is 0.0768. The molecule has 0 fully saturated rings. The van der Waals surface area contributed by atoms with Gasteiger partial charge in [0.05, 0.1) is 18.8 Å². The molecule has 0 aliphatic carbocycles. The Hall–Kier alpha value is -0.610. The highest BCUT2D eigenvalue weighted by Crippen LogP contribution is 2.16. The van der Waals surface area contributed by atoms with Crippen molar-refractivity contribution in [2.75, 3.05) is 6.61 Å². The van der Waals surface area contributed by atoms with Crippen molar-refractivity contribution < 1.29 is 15.0 Å². The van der Waals surface area contributed by atoms with Crippen molar-refractivity contribution in [2.24, 2.45) is 0 Å². The van der Waals surface area contributed by atoms with E-state index in [2.05, 4.69) is 19.2 Å². The van der Waals surface area contributed by atoms with E-state index in [4.69, 9.17) is 0 Å². The Kier molecular flexibility index (Phi) is 30.4. The highest BCUT2D eigenvalue weighted by atomic mass is 16.3. The summed E-state index contributed by atoms with van der Waals surface area (Å²) in [5.41, 5.74) is 0. The standard InChI is InChI=1S/C34H69NO3/c1-3-5-7-9-10-11-12-13-14-15-16-17-18-19-20-21-22-23-24-25-26-27-29-33(37)32(31-36)35-34(38)30-28-8-6-4-2/h32-33,36-37H,3-31H2,1-2H3,(H,35,38). The molecule has 1 amide bonds. The summed E-state index contributed by atoms with van der Waals surface area (Å²) in [5, 5.41) is 22.7. The van der Waals surface area contributed by atoms with Gasteiger partial charge in [0, 0.05) is 6.42 Å². The lowest BCUT2D eigenvalue weighted by Crippen LogP contribution is -2.45. The Bertz CT molecular complexity index is 471. The van der Waals surface area contributed by atoms with E-state index in [1.54, 1.807) is 0 Å². The molecule has 0 aromatic carbocycles. The lowest BCUT2D eigenvalue weighted by molar-refractivity contribution is -0.123. The molecule has 4 nitrogen and oxygen atoms in total. The van der Waals surface area contributed by atoms with Crippen LogP contribution in [0.3, 0.4) is 0 Å². The van der Waals surface area contributed by atoms with E-state index in [0.717, 1.165) is 38.5 Å². The van der Waals surface area contributed by atoms with Gasteiger partial charge in [-0.15, -0.1) is 0 Å². The third-order valence-corrected chi connectivity index (χ3v) is 8.12. The number of aliphatic hydroxyl groups excluding tert-OH is 2. The number of hydrogen-bond acceptors (Lipinski definition) is 3. The van der Waals surface area contributed by atoms with Gasteiger partial charge < -0.3 is 15.5 Å². The zero-order valence-electron chi connectivity index (χ0n) is 26.0. The lowest BCUT2D eigenvalue weighted by Gasteiger charge is -2.22. The normalized spacial score (nSPS) is 13.1. The van der Waals surface area contributed by atoms with E-state index < -0.39 is 12.1 Å². The van der Waals surface area contributed by atoms with E-state index in [0.29, 0.717) is 12.8 Å². The largest absolute Gasteiger partial charge is 0.394 e. The topological polar surface area (TPSA) is 69.6 Å². The zero-order chi connectivity index (χ0) is 27.9. The third kappa shape index (κ3) is 27.0. The van der Waals surface area contributed by atoms with Crippen LogP contribution in [0.4, 0.5) is 0 Å². The zero-order valence-corrected chi connectivity index (χ0v) is 26.0. The first-order valence-electron chi connectivity index (χ1n) is 17.2. The van der Waals surface area contributed by atoms with Gasteiger partial charge in [-0.1, -0.05) is 174 Å². The monoisotopic (exact) mass is 540 g/mol. The van der Waals surface area contributed by atoms with Gasteiger partial charge in [-0.3, -0.25) is 4.79 Å². The van der Waals surface area contributed by atoms with Crippen molar-refractivity contribution in [3.05, 3.63) is 0 Å². The summed E-state index contributed by atoms with van der Waals surface area (Å²) in [4.78, 5) is 12.0. The third-order valence-electron chi connectivity index (χ3n) is 8.12. The number of unbranched alkanes of at least 4 members (excludes halogenated alkanes) is 24. The van der Waals surface area contributed by atoms with Gasteiger partial charge in [0.25, 0.3) is 0 Å². The molecule has 0 bridgehead atoms. The van der Waals surface area contributed by atoms with Gasteiger partial charge in [0.2, 0.25) is 5.91 Å². The van der Waals surface area contributed by atoms with Crippen LogP contribution < -0.4 is 5.32 Å². The number of carbonyl (C=O) groups excluding carboxylic acids is 1. The highest BCUT2D eigenvalue weighted by molar-refractivity contribution is 5.76. The van der Waals surface area contributed by atoms with Crippen LogP contribution in [0.5, 0.6) is 0 Å². The average Bonchev–Trinajstić information content (AvgIpc) is 2.92. The average molecular weight is 540 g/mol. The molecular weight excluding hydrogens is 470 g/mol. The van der Waals surface area contributed by atoms with Crippen molar-refractivity contribution in [3.63, 3.8) is 0 Å². The highest BCUT2D eigenvalue weighted by Gasteiger charge is 2.19. The molecule has 4 heteroatoms. The first kappa shape index (κ1) is 37.4. The molecule has 0 spiro atoms. The molecule has 0 aliphatic heterocycles. The Morgan fingerprint density at radius 1 is 0.526 bits per heavy atom. The van der Waals surface area contributed by atoms with Gasteiger partial charge >= 0.3 is 0 Å². The van der Waals surface area contributed by atoms with Crippen molar-refractivity contribution in [2.45, 2.75) is 206 Å². The Morgan fingerprint density at radius 2 is 0.842 bits per heavy atom. The van der Waals surface area contributed by atoms with Crippen LogP contribution in [0.1, 0.15) is 194 Å². The second-order valence-electron chi connectivity index (χ2n) is 11.9. The molecular formula is C34H69NO3. The summed E-state index contributed by atoms with van der Waals surface area (Å²) in [5.74, 6) is -0.0479. The van der Waals surface area contributed by atoms with Crippen LogP contribution in [0.15, 0.2) is 0 Å². The molecule has 0 aromatic heterocycles. The summed E-state index contributed by atoms with van der Waals surface area (Å²) >= 11 is 0. The molecule has 0 radical (unpaired) electrons. The summed E-state index contributed by atoms with van der Waals surface area (Å²) < 4.78 is 0. The van der Waals surface area contributed by atoms with Crippen LogP contribution in [-0.4, -0.2) is 34.9 Å². The van der Waals surface area contributed by atoms with Crippen molar-refractivity contribution in [1.29, 1.82) is 0 Å². The number of hydrogen-bond donors (Lipinski definition) is 3. The number of nitrogens with one attached hydrogen (secondary N) is 1. The molecule has 0 saturated heterocycles. The fraction of sp³-hybridized carbons (Fsp3) is 0.971. The van der Waals surface area contributed by atoms with Crippen LogP contribution in [-0.2, 0) is 4.79 Å². The van der Waals surface area contributed by atoms with Crippen LogP contribution in [0.25, 0.3) is 0 Å². The number of amides is 1. The summed E-state index contributed by atoms with van der Waals surface area (Å²) in [7, 11) is 0. The summed E-state index contributed by atoms with van der Waals surface area (Å²) in [6.07, 6.45) is 34.9. The van der Waals surface area contributed by atoms with Crippen molar-refractivity contribution in [1.82, 2.24) is 5.32 Å². The molecule has 0 aliphatic rings. The molecule has 0 rings (SSSR count). The molecule has 2 atom stereocenters. The lowest BCUT2D eigenvalue weighted by atomic mass is 10.0. The summed E-state index contributed by atoms with van der Waals surface area (Å²) in [6, 6.07) is -0.524. The maximum Gasteiger partial charge on any atom is 0.220 e. The van der Waals surface area contributed by atoms with E-state index >= 15 is 0 Å². The van der Waals surface area contributed by atoms with Crippen molar-refractivity contribution in [3.8, 4) is 0 Å². The number of carbonyl (C=O) groups is 1. The molecule has 38 heavy (non-hydrogen) atoms. The number of rotatable bonds is 31. The molecule has 228 valence electrons. The molecule has 3 N–H and O–H groups in total. The minimum atomic E-state index is -0.648. The fourth-order valence-corrected chi connectivity index (χ4v) is 5.42. The molecule has 2 unspecified atom stereocenters. The second kappa shape index (κ2) is 30.9. The maximum atomic E-state index is 12.0. The van der Waals surface area contributed by atoms with Gasteiger partial charge in [-0.2, -0.15) is 0 Å². The fourth-order valence-electron chi connectivity index (χ4n) is 5.42. The van der Waals surface area contributed by atoms with E-state index in [1.165, 1.54) is 128 Å². The van der Waals surface area contributed by atoms with Crippen molar-refractivity contribution >= 4 is 5.91 Å². The molecule has 0 aromatic rings. The van der Waals surface area contributed by atoms with Crippen LogP contribution >= 0.6 is 0 Å². The number of aliphatic hydroxyl groups is 2.